The summed E-state index contributed by atoms with van der Waals surface area (Å²) in [6.07, 6.45) is 0.401. The van der Waals surface area contributed by atoms with Crippen molar-refractivity contribution in [1.82, 2.24) is 9.80 Å². The second kappa shape index (κ2) is 8.05. The molecule has 4 nitrogen and oxygen atoms in total. The number of hydrogen-bond acceptors (Lipinski definition) is 4. The van der Waals surface area contributed by atoms with Crippen molar-refractivity contribution in [2.45, 2.75) is 32.5 Å². The first-order valence-corrected chi connectivity index (χ1v) is 5.65. The van der Waals surface area contributed by atoms with Crippen molar-refractivity contribution in [3.63, 3.8) is 0 Å². The minimum Gasteiger partial charge on any atom is -0.392 e. The highest BCUT2D eigenvalue weighted by Crippen LogP contribution is 1.98. The molecule has 0 aromatic rings. The Morgan fingerprint density at radius 2 is 1.40 bits per heavy atom. The van der Waals surface area contributed by atoms with Crippen LogP contribution in [0, 0.1) is 0 Å². The molecule has 0 bridgehead atoms. The van der Waals surface area contributed by atoms with Gasteiger partial charge in [-0.05, 0) is 47.5 Å². The van der Waals surface area contributed by atoms with Crippen LogP contribution in [0.4, 0.5) is 0 Å². The summed E-state index contributed by atoms with van der Waals surface area (Å²) in [5.41, 5.74) is 0. The Morgan fingerprint density at radius 3 is 1.73 bits per heavy atom. The first-order chi connectivity index (χ1) is 6.91. The highest BCUT2D eigenvalue weighted by atomic mass is 16.3. The topological polar surface area (TPSA) is 46.9 Å². The Kier molecular flexibility index (Phi) is 7.96. The maximum Gasteiger partial charge on any atom is 0.0639 e. The van der Waals surface area contributed by atoms with Crippen LogP contribution in [0.2, 0.25) is 0 Å². The molecule has 0 radical (unpaired) electrons. The molecule has 2 atom stereocenters. The Balaban J connectivity index is 3.79. The smallest absolute Gasteiger partial charge is 0.0639 e. The number of hydrogen-bond donors (Lipinski definition) is 2. The zero-order valence-electron chi connectivity index (χ0n) is 10.5. The van der Waals surface area contributed by atoms with Gasteiger partial charge in [0.1, 0.15) is 0 Å². The maximum absolute atomic E-state index is 9.31. The molecule has 0 aromatic heterocycles. The van der Waals surface area contributed by atoms with Crippen LogP contribution >= 0.6 is 0 Å². The van der Waals surface area contributed by atoms with Gasteiger partial charge in [0, 0.05) is 13.1 Å². The van der Waals surface area contributed by atoms with Crippen molar-refractivity contribution < 1.29 is 10.2 Å². The molecular formula is C11H26N2O2. The zero-order valence-corrected chi connectivity index (χ0v) is 10.5. The molecule has 0 fully saturated rings. The van der Waals surface area contributed by atoms with Crippen LogP contribution in [0.3, 0.4) is 0 Å². The minimum atomic E-state index is -0.330. The quantitative estimate of drug-likeness (QED) is 0.602. The molecule has 0 aliphatic rings. The predicted molar refractivity (Wildman–Crippen MR) is 63.0 cm³/mol. The summed E-state index contributed by atoms with van der Waals surface area (Å²) >= 11 is 0. The van der Waals surface area contributed by atoms with Gasteiger partial charge in [-0.15, -0.1) is 0 Å². The van der Waals surface area contributed by atoms with Gasteiger partial charge in [0.25, 0.3) is 0 Å². The first-order valence-electron chi connectivity index (χ1n) is 5.65. The largest absolute Gasteiger partial charge is 0.392 e. The Labute approximate surface area is 93.5 Å². The molecule has 2 N–H and O–H groups in total. The summed E-state index contributed by atoms with van der Waals surface area (Å²) in [7, 11) is 4.10. The molecule has 0 saturated heterocycles. The van der Waals surface area contributed by atoms with Gasteiger partial charge in [-0.25, -0.2) is 0 Å². The van der Waals surface area contributed by atoms with Gasteiger partial charge in [0.2, 0.25) is 0 Å². The lowest BCUT2D eigenvalue weighted by Gasteiger charge is -2.25. The van der Waals surface area contributed by atoms with E-state index in [1.165, 1.54) is 0 Å². The molecule has 92 valence electrons. The van der Waals surface area contributed by atoms with E-state index in [0.29, 0.717) is 13.1 Å². The van der Waals surface area contributed by atoms with Crippen molar-refractivity contribution in [1.29, 1.82) is 0 Å². The molecule has 0 unspecified atom stereocenters. The van der Waals surface area contributed by atoms with Crippen molar-refractivity contribution >= 4 is 0 Å². The van der Waals surface area contributed by atoms with Gasteiger partial charge in [-0.1, -0.05) is 0 Å². The van der Waals surface area contributed by atoms with E-state index in [0.717, 1.165) is 19.5 Å². The van der Waals surface area contributed by atoms with E-state index in [9.17, 15) is 10.2 Å². The predicted octanol–water partition coefficient (Wildman–Crippen LogP) is 0.00170. The summed E-state index contributed by atoms with van der Waals surface area (Å²) in [4.78, 5) is 4.25. The monoisotopic (exact) mass is 218 g/mol. The van der Waals surface area contributed by atoms with Crippen LogP contribution in [0.25, 0.3) is 0 Å². The van der Waals surface area contributed by atoms with Crippen LogP contribution < -0.4 is 0 Å². The Hall–Kier alpha value is -0.160. The number of rotatable bonds is 8. The van der Waals surface area contributed by atoms with E-state index >= 15 is 0 Å². The lowest BCUT2D eigenvalue weighted by Crippen LogP contribution is -2.37. The summed E-state index contributed by atoms with van der Waals surface area (Å²) < 4.78 is 0. The zero-order chi connectivity index (χ0) is 11.8. The van der Waals surface area contributed by atoms with E-state index in [-0.39, 0.29) is 12.2 Å². The molecule has 4 heteroatoms. The molecule has 0 aliphatic carbocycles. The maximum atomic E-state index is 9.31. The van der Waals surface area contributed by atoms with Crippen molar-refractivity contribution in [3.05, 3.63) is 0 Å². The summed E-state index contributed by atoms with van der Waals surface area (Å²) in [6.45, 7) is 6.79. The summed E-state index contributed by atoms with van der Waals surface area (Å²) in [5, 5.41) is 18.6. The second-order valence-corrected chi connectivity index (χ2v) is 4.61. The molecule has 0 amide bonds. The van der Waals surface area contributed by atoms with Crippen LogP contribution in [0.5, 0.6) is 0 Å². The fourth-order valence-electron chi connectivity index (χ4n) is 1.61. The van der Waals surface area contributed by atoms with Gasteiger partial charge >= 0.3 is 0 Å². The van der Waals surface area contributed by atoms with E-state index in [2.05, 4.69) is 9.80 Å². The summed E-state index contributed by atoms with van der Waals surface area (Å²) in [5.74, 6) is 0. The average Bonchev–Trinajstić information content (AvgIpc) is 2.00. The molecule has 0 spiro atoms. The number of aliphatic hydroxyl groups is 2. The molecule has 15 heavy (non-hydrogen) atoms. The van der Waals surface area contributed by atoms with Crippen LogP contribution in [0.1, 0.15) is 20.3 Å². The van der Waals surface area contributed by atoms with E-state index < -0.39 is 0 Å². The standard InChI is InChI=1S/C11H26N2O2/c1-10(14)8-13(9-11(2)15)7-5-6-12(3)4/h10-11,14-15H,5-9H2,1-4H3/t10-,11-/m0/s1. The number of aliphatic hydroxyl groups excluding tert-OH is 2. The molecule has 0 rings (SSSR count). The van der Waals surface area contributed by atoms with E-state index in [1.54, 1.807) is 13.8 Å². The van der Waals surface area contributed by atoms with Gasteiger partial charge in [0.15, 0.2) is 0 Å². The average molecular weight is 218 g/mol. The normalized spacial score (nSPS) is 16.0. The van der Waals surface area contributed by atoms with Crippen molar-refractivity contribution in [2.24, 2.45) is 0 Å². The van der Waals surface area contributed by atoms with Gasteiger partial charge < -0.3 is 15.1 Å². The SMILES string of the molecule is C[C@H](O)CN(CCCN(C)C)C[C@H](C)O. The van der Waals surface area contributed by atoms with E-state index in [1.807, 2.05) is 14.1 Å². The Bertz CT molecular complexity index is 140. The van der Waals surface area contributed by atoms with Crippen LogP contribution in [0.15, 0.2) is 0 Å². The molecule has 0 heterocycles. The fourth-order valence-corrected chi connectivity index (χ4v) is 1.61. The third-order valence-corrected chi connectivity index (χ3v) is 2.12. The third kappa shape index (κ3) is 10.1. The van der Waals surface area contributed by atoms with Gasteiger partial charge in [0.05, 0.1) is 12.2 Å². The lowest BCUT2D eigenvalue weighted by atomic mass is 10.2. The highest BCUT2D eigenvalue weighted by Gasteiger charge is 2.10. The molecule has 0 saturated carbocycles. The first kappa shape index (κ1) is 14.8. The number of nitrogens with zero attached hydrogens (tertiary/aromatic N) is 2. The van der Waals surface area contributed by atoms with Crippen LogP contribution in [-0.2, 0) is 0 Å². The van der Waals surface area contributed by atoms with Crippen molar-refractivity contribution in [3.8, 4) is 0 Å². The highest BCUT2D eigenvalue weighted by molar-refractivity contribution is 4.65. The lowest BCUT2D eigenvalue weighted by molar-refractivity contribution is 0.0817. The fraction of sp³-hybridized carbons (Fsp3) is 1.00. The molecular weight excluding hydrogens is 192 g/mol. The van der Waals surface area contributed by atoms with Crippen LogP contribution in [-0.4, -0.2) is 72.5 Å². The van der Waals surface area contributed by atoms with E-state index in [4.69, 9.17) is 0 Å². The second-order valence-electron chi connectivity index (χ2n) is 4.61. The van der Waals surface area contributed by atoms with Gasteiger partial charge in [-0.2, -0.15) is 0 Å². The summed E-state index contributed by atoms with van der Waals surface area (Å²) in [6, 6.07) is 0. The molecule has 0 aromatic carbocycles. The van der Waals surface area contributed by atoms with Crippen molar-refractivity contribution in [2.75, 3.05) is 40.3 Å². The third-order valence-electron chi connectivity index (χ3n) is 2.12. The molecule has 0 aliphatic heterocycles. The Morgan fingerprint density at radius 1 is 0.933 bits per heavy atom. The van der Waals surface area contributed by atoms with Gasteiger partial charge in [-0.3, -0.25) is 4.90 Å². The minimum absolute atomic E-state index is 0.330.